The van der Waals surface area contributed by atoms with Crippen molar-refractivity contribution in [3.05, 3.63) is 0 Å². The van der Waals surface area contributed by atoms with E-state index in [-0.39, 0.29) is 13.0 Å². The van der Waals surface area contributed by atoms with Gasteiger partial charge in [0.15, 0.2) is 0 Å². The van der Waals surface area contributed by atoms with Crippen LogP contribution in [0.4, 0.5) is 0 Å². The predicted molar refractivity (Wildman–Crippen MR) is 44.0 cm³/mol. The molecule has 4 nitrogen and oxygen atoms in total. The van der Waals surface area contributed by atoms with Crippen molar-refractivity contribution in [2.24, 2.45) is 0 Å². The first-order valence-corrected chi connectivity index (χ1v) is 4.15. The Kier molecular flexibility index (Phi) is 6.70. The van der Waals surface area contributed by atoms with Crippen LogP contribution in [0.5, 0.6) is 0 Å². The van der Waals surface area contributed by atoms with Crippen LogP contribution >= 0.6 is 0 Å². The van der Waals surface area contributed by atoms with E-state index in [9.17, 15) is 4.79 Å². The summed E-state index contributed by atoms with van der Waals surface area (Å²) >= 11 is 0. The molecule has 0 aliphatic rings. The van der Waals surface area contributed by atoms with Crippen LogP contribution < -0.4 is 0 Å². The molecule has 0 saturated carbocycles. The maximum absolute atomic E-state index is 10.2. The number of carbonyl (C=O) groups is 1. The lowest BCUT2D eigenvalue weighted by molar-refractivity contribution is -0.141. The molecule has 0 saturated heterocycles. The van der Waals surface area contributed by atoms with Gasteiger partial charge in [-0.05, 0) is 6.42 Å². The van der Waals surface area contributed by atoms with Gasteiger partial charge in [-0.25, -0.2) is 0 Å². The van der Waals surface area contributed by atoms with E-state index in [4.69, 9.17) is 14.9 Å². The zero-order valence-corrected chi connectivity index (χ0v) is 7.32. The lowest BCUT2D eigenvalue weighted by atomic mass is 10.2. The number of rotatable bonds is 7. The van der Waals surface area contributed by atoms with Gasteiger partial charge in [-0.3, -0.25) is 4.79 Å². The van der Waals surface area contributed by atoms with E-state index in [1.807, 2.05) is 6.92 Å². The third-order valence-electron chi connectivity index (χ3n) is 1.46. The number of carboxylic acid groups (broad SMARTS) is 1. The predicted octanol–water partition coefficient (Wildman–Crippen LogP) is 0.639. The summed E-state index contributed by atoms with van der Waals surface area (Å²) in [6, 6.07) is 0. The molecule has 0 aromatic rings. The number of hydrogen-bond donors (Lipinski definition) is 2. The Morgan fingerprint density at radius 3 is 2.67 bits per heavy atom. The summed E-state index contributed by atoms with van der Waals surface area (Å²) in [6.45, 7) is 2.32. The number of carboxylic acids is 1. The highest BCUT2D eigenvalue weighted by Crippen LogP contribution is 1.99. The Morgan fingerprint density at radius 1 is 1.58 bits per heavy atom. The van der Waals surface area contributed by atoms with E-state index in [0.29, 0.717) is 6.61 Å². The lowest BCUT2D eigenvalue weighted by Crippen LogP contribution is -2.22. The van der Waals surface area contributed by atoms with Crippen molar-refractivity contribution in [1.29, 1.82) is 0 Å². The molecular weight excluding hydrogens is 160 g/mol. The van der Waals surface area contributed by atoms with Crippen LogP contribution in [0.25, 0.3) is 0 Å². The second kappa shape index (κ2) is 7.06. The normalized spacial score (nSPS) is 12.8. The zero-order chi connectivity index (χ0) is 9.40. The molecule has 12 heavy (non-hydrogen) atoms. The third-order valence-corrected chi connectivity index (χ3v) is 1.46. The maximum atomic E-state index is 10.2. The molecule has 2 N–H and O–H groups in total. The first kappa shape index (κ1) is 11.4. The highest BCUT2D eigenvalue weighted by atomic mass is 16.5. The van der Waals surface area contributed by atoms with Gasteiger partial charge in [0.05, 0.1) is 19.1 Å². The van der Waals surface area contributed by atoms with Crippen LogP contribution in [0.3, 0.4) is 0 Å². The topological polar surface area (TPSA) is 66.8 Å². The molecule has 0 bridgehead atoms. The Balaban J connectivity index is 3.46. The van der Waals surface area contributed by atoms with Crippen LogP contribution in [-0.2, 0) is 9.53 Å². The summed E-state index contributed by atoms with van der Waals surface area (Å²) in [6.07, 6.45) is 1.23. The van der Waals surface area contributed by atoms with Gasteiger partial charge in [-0.2, -0.15) is 0 Å². The molecule has 4 heteroatoms. The molecular formula is C8H16O4. The van der Waals surface area contributed by atoms with E-state index < -0.39 is 12.1 Å². The molecule has 0 rings (SSSR count). The number of ether oxygens (including phenoxy) is 1. The van der Waals surface area contributed by atoms with Gasteiger partial charge in [0.1, 0.15) is 0 Å². The monoisotopic (exact) mass is 176 g/mol. The molecule has 0 fully saturated rings. The first-order chi connectivity index (χ1) is 5.70. The largest absolute Gasteiger partial charge is 0.481 e. The summed E-state index contributed by atoms with van der Waals surface area (Å²) in [5, 5.41) is 17.1. The van der Waals surface area contributed by atoms with Crippen molar-refractivity contribution in [2.75, 3.05) is 13.2 Å². The molecule has 0 aromatic carbocycles. The van der Waals surface area contributed by atoms with Crippen LogP contribution in [-0.4, -0.2) is 35.5 Å². The highest BCUT2D eigenvalue weighted by molar-refractivity contribution is 5.67. The molecule has 1 unspecified atom stereocenters. The summed E-state index contributed by atoms with van der Waals surface area (Å²) in [7, 11) is 0. The van der Waals surface area contributed by atoms with Gasteiger partial charge in [0.2, 0.25) is 0 Å². The van der Waals surface area contributed by atoms with Gasteiger partial charge >= 0.3 is 5.97 Å². The summed E-state index contributed by atoms with van der Waals surface area (Å²) in [4.78, 5) is 10.2. The summed E-state index contributed by atoms with van der Waals surface area (Å²) in [5.74, 6) is -0.939. The smallest absolute Gasteiger partial charge is 0.306 e. The molecule has 0 aliphatic heterocycles. The fourth-order valence-corrected chi connectivity index (χ4v) is 0.765. The number of hydrogen-bond acceptors (Lipinski definition) is 3. The Morgan fingerprint density at radius 2 is 2.25 bits per heavy atom. The zero-order valence-electron chi connectivity index (χ0n) is 7.32. The average molecular weight is 176 g/mol. The van der Waals surface area contributed by atoms with Gasteiger partial charge < -0.3 is 14.9 Å². The lowest BCUT2D eigenvalue weighted by Gasteiger charge is -2.12. The third kappa shape index (κ3) is 6.12. The summed E-state index contributed by atoms with van der Waals surface area (Å²) in [5.41, 5.74) is 0. The summed E-state index contributed by atoms with van der Waals surface area (Å²) < 4.78 is 5.11. The SMILES string of the molecule is CCCCOC(CO)CC(=O)O. The molecule has 0 radical (unpaired) electrons. The molecule has 72 valence electrons. The van der Waals surface area contributed by atoms with Crippen LogP contribution in [0.1, 0.15) is 26.2 Å². The quantitative estimate of drug-likeness (QED) is 0.558. The van der Waals surface area contributed by atoms with Gasteiger partial charge in [0.25, 0.3) is 0 Å². The molecule has 0 heterocycles. The fourth-order valence-electron chi connectivity index (χ4n) is 0.765. The van der Waals surface area contributed by atoms with Crippen molar-refractivity contribution in [3.8, 4) is 0 Å². The van der Waals surface area contributed by atoms with E-state index in [1.165, 1.54) is 0 Å². The van der Waals surface area contributed by atoms with Gasteiger partial charge in [-0.1, -0.05) is 13.3 Å². The van der Waals surface area contributed by atoms with E-state index in [2.05, 4.69) is 0 Å². The molecule has 0 amide bonds. The second-order valence-electron chi connectivity index (χ2n) is 2.63. The molecule has 0 aliphatic carbocycles. The number of aliphatic hydroxyl groups is 1. The average Bonchev–Trinajstić information content (AvgIpc) is 2.02. The molecule has 0 spiro atoms. The number of unbranched alkanes of at least 4 members (excludes halogenated alkanes) is 1. The molecule has 0 aromatic heterocycles. The minimum absolute atomic E-state index is 0.125. The van der Waals surface area contributed by atoms with Gasteiger partial charge in [0, 0.05) is 6.61 Å². The number of aliphatic hydroxyl groups excluding tert-OH is 1. The minimum Gasteiger partial charge on any atom is -0.481 e. The fraction of sp³-hybridized carbons (Fsp3) is 0.875. The van der Waals surface area contributed by atoms with E-state index in [1.54, 1.807) is 0 Å². The Hall–Kier alpha value is -0.610. The van der Waals surface area contributed by atoms with Crippen LogP contribution in [0.15, 0.2) is 0 Å². The second-order valence-corrected chi connectivity index (χ2v) is 2.63. The van der Waals surface area contributed by atoms with E-state index in [0.717, 1.165) is 12.8 Å². The van der Waals surface area contributed by atoms with Gasteiger partial charge in [-0.15, -0.1) is 0 Å². The van der Waals surface area contributed by atoms with E-state index >= 15 is 0 Å². The highest BCUT2D eigenvalue weighted by Gasteiger charge is 2.11. The Labute approximate surface area is 72.2 Å². The van der Waals surface area contributed by atoms with Crippen molar-refractivity contribution in [2.45, 2.75) is 32.3 Å². The van der Waals surface area contributed by atoms with Crippen LogP contribution in [0.2, 0.25) is 0 Å². The number of aliphatic carboxylic acids is 1. The standard InChI is InChI=1S/C8H16O4/c1-2-3-4-12-7(6-9)5-8(10)11/h7,9H,2-6H2,1H3,(H,10,11). The molecule has 1 atom stereocenters. The van der Waals surface area contributed by atoms with Crippen molar-refractivity contribution in [1.82, 2.24) is 0 Å². The minimum atomic E-state index is -0.939. The van der Waals surface area contributed by atoms with Crippen LogP contribution in [0, 0.1) is 0 Å². The van der Waals surface area contributed by atoms with Crippen molar-refractivity contribution < 1.29 is 19.7 Å². The maximum Gasteiger partial charge on any atom is 0.306 e. The first-order valence-electron chi connectivity index (χ1n) is 4.15. The Bertz CT molecular complexity index is 124. The van der Waals surface area contributed by atoms with Crippen molar-refractivity contribution >= 4 is 5.97 Å². The van der Waals surface area contributed by atoms with Crippen molar-refractivity contribution in [3.63, 3.8) is 0 Å².